The molecule has 0 spiro atoms. The van der Waals surface area contributed by atoms with Gasteiger partial charge in [0.25, 0.3) is 5.91 Å². The van der Waals surface area contributed by atoms with E-state index in [1.807, 2.05) is 0 Å². The highest BCUT2D eigenvalue weighted by molar-refractivity contribution is 5.80. The van der Waals surface area contributed by atoms with Gasteiger partial charge in [0.2, 0.25) is 0 Å². The molecule has 5 heteroatoms. The Morgan fingerprint density at radius 2 is 2.18 bits per heavy atom. The van der Waals surface area contributed by atoms with Crippen molar-refractivity contribution in [2.75, 3.05) is 14.1 Å². The molecule has 1 amide bonds. The fourth-order valence-electron chi connectivity index (χ4n) is 1.43. The van der Waals surface area contributed by atoms with E-state index in [9.17, 15) is 9.18 Å². The second-order valence-corrected chi connectivity index (χ2v) is 3.95. The Kier molecular flexibility index (Phi) is 4.45. The second-order valence-electron chi connectivity index (χ2n) is 3.95. The number of hydrogen-bond donors (Lipinski definition) is 1. The number of ether oxygens (including phenoxy) is 1. The van der Waals surface area contributed by atoms with Gasteiger partial charge in [-0.3, -0.25) is 4.79 Å². The molecule has 0 fully saturated rings. The Labute approximate surface area is 100 Å². The summed E-state index contributed by atoms with van der Waals surface area (Å²) in [6.07, 6.45) is -0.624. The summed E-state index contributed by atoms with van der Waals surface area (Å²) in [5, 5.41) is 0. The molecule has 0 saturated heterocycles. The molecule has 1 unspecified atom stereocenters. The van der Waals surface area contributed by atoms with Gasteiger partial charge in [0.05, 0.1) is 0 Å². The van der Waals surface area contributed by atoms with Crippen LogP contribution >= 0.6 is 0 Å². The molecule has 0 aliphatic carbocycles. The predicted molar refractivity (Wildman–Crippen MR) is 63.1 cm³/mol. The van der Waals surface area contributed by atoms with Crippen molar-refractivity contribution in [1.29, 1.82) is 0 Å². The zero-order valence-corrected chi connectivity index (χ0v) is 10.2. The number of rotatable bonds is 4. The molecule has 0 radical (unpaired) electrons. The van der Waals surface area contributed by atoms with Gasteiger partial charge < -0.3 is 15.4 Å². The summed E-state index contributed by atoms with van der Waals surface area (Å²) in [7, 11) is 3.30. The molecule has 4 nitrogen and oxygen atoms in total. The van der Waals surface area contributed by atoms with Crippen molar-refractivity contribution < 1.29 is 13.9 Å². The Bertz CT molecular complexity index is 407. The molecular weight excluding hydrogens is 223 g/mol. The third kappa shape index (κ3) is 3.42. The van der Waals surface area contributed by atoms with Crippen LogP contribution in [0.1, 0.15) is 12.5 Å². The van der Waals surface area contributed by atoms with E-state index in [0.717, 1.165) is 0 Å². The van der Waals surface area contributed by atoms with E-state index < -0.39 is 6.10 Å². The summed E-state index contributed by atoms with van der Waals surface area (Å²) >= 11 is 0. The molecule has 0 aliphatic heterocycles. The Morgan fingerprint density at radius 1 is 1.53 bits per heavy atom. The number of hydrogen-bond acceptors (Lipinski definition) is 3. The highest BCUT2D eigenvalue weighted by Crippen LogP contribution is 2.20. The van der Waals surface area contributed by atoms with Crippen LogP contribution in [0, 0.1) is 5.82 Å². The van der Waals surface area contributed by atoms with Gasteiger partial charge in [-0.1, -0.05) is 0 Å². The van der Waals surface area contributed by atoms with Crippen LogP contribution in [0.25, 0.3) is 0 Å². The number of nitrogens with zero attached hydrogens (tertiary/aromatic N) is 1. The fraction of sp³-hybridized carbons (Fsp3) is 0.417. The number of carbonyl (C=O) groups excluding carboxylic acids is 1. The van der Waals surface area contributed by atoms with E-state index in [0.29, 0.717) is 11.3 Å². The Morgan fingerprint density at radius 3 is 2.71 bits per heavy atom. The van der Waals surface area contributed by atoms with Gasteiger partial charge in [-0.05, 0) is 25.1 Å². The van der Waals surface area contributed by atoms with E-state index in [4.69, 9.17) is 10.5 Å². The molecule has 0 saturated carbocycles. The molecule has 94 valence electrons. The molecule has 2 N–H and O–H groups in total. The summed E-state index contributed by atoms with van der Waals surface area (Å²) in [6.45, 7) is 1.81. The van der Waals surface area contributed by atoms with Crippen LogP contribution in [0.15, 0.2) is 18.2 Å². The summed E-state index contributed by atoms with van der Waals surface area (Å²) in [5.74, 6) is -0.0849. The molecule has 0 heterocycles. The summed E-state index contributed by atoms with van der Waals surface area (Å²) in [5.41, 5.74) is 6.03. The minimum atomic E-state index is -0.624. The highest BCUT2D eigenvalue weighted by atomic mass is 19.1. The first-order valence-electron chi connectivity index (χ1n) is 5.32. The first kappa shape index (κ1) is 13.4. The van der Waals surface area contributed by atoms with Gasteiger partial charge in [0.15, 0.2) is 6.10 Å². The number of benzene rings is 1. The third-order valence-corrected chi connectivity index (χ3v) is 2.33. The van der Waals surface area contributed by atoms with Crippen molar-refractivity contribution in [1.82, 2.24) is 4.90 Å². The van der Waals surface area contributed by atoms with Gasteiger partial charge in [-0.15, -0.1) is 0 Å². The zero-order valence-electron chi connectivity index (χ0n) is 10.2. The molecule has 1 rings (SSSR count). The maximum absolute atomic E-state index is 13.0. The van der Waals surface area contributed by atoms with Crippen molar-refractivity contribution in [2.24, 2.45) is 5.73 Å². The second kappa shape index (κ2) is 5.63. The highest BCUT2D eigenvalue weighted by Gasteiger charge is 2.17. The van der Waals surface area contributed by atoms with Crippen LogP contribution in [0.5, 0.6) is 5.75 Å². The third-order valence-electron chi connectivity index (χ3n) is 2.33. The zero-order chi connectivity index (χ0) is 13.0. The number of carbonyl (C=O) groups is 1. The topological polar surface area (TPSA) is 55.6 Å². The van der Waals surface area contributed by atoms with E-state index >= 15 is 0 Å². The largest absolute Gasteiger partial charge is 0.481 e. The average Bonchev–Trinajstić information content (AvgIpc) is 2.30. The van der Waals surface area contributed by atoms with Crippen molar-refractivity contribution in [3.05, 3.63) is 29.6 Å². The normalized spacial score (nSPS) is 12.1. The molecule has 0 aromatic heterocycles. The van der Waals surface area contributed by atoms with Crippen LogP contribution in [0.3, 0.4) is 0 Å². The van der Waals surface area contributed by atoms with Gasteiger partial charge in [0.1, 0.15) is 11.6 Å². The lowest BCUT2D eigenvalue weighted by Gasteiger charge is -2.19. The van der Waals surface area contributed by atoms with Crippen molar-refractivity contribution in [3.8, 4) is 5.75 Å². The first-order valence-corrected chi connectivity index (χ1v) is 5.32. The van der Waals surface area contributed by atoms with Gasteiger partial charge in [-0.2, -0.15) is 0 Å². The number of likely N-dealkylation sites (N-methyl/N-ethyl adjacent to an activating group) is 1. The van der Waals surface area contributed by atoms with Gasteiger partial charge >= 0.3 is 0 Å². The van der Waals surface area contributed by atoms with Crippen LogP contribution in [-0.2, 0) is 11.3 Å². The fourth-order valence-corrected chi connectivity index (χ4v) is 1.43. The lowest BCUT2D eigenvalue weighted by atomic mass is 10.2. The SMILES string of the molecule is CC(Oc1ccc(F)cc1CN)C(=O)N(C)C. The summed E-state index contributed by atoms with van der Waals surface area (Å²) in [4.78, 5) is 13.1. The molecule has 1 aromatic rings. The van der Waals surface area contributed by atoms with Gasteiger partial charge in [0, 0.05) is 26.2 Å². The summed E-state index contributed by atoms with van der Waals surface area (Å²) < 4.78 is 18.4. The number of amides is 1. The van der Waals surface area contributed by atoms with Crippen LogP contribution in [-0.4, -0.2) is 31.0 Å². The Balaban J connectivity index is 2.84. The van der Waals surface area contributed by atoms with E-state index in [1.165, 1.54) is 23.1 Å². The molecule has 0 bridgehead atoms. The van der Waals surface area contributed by atoms with E-state index in [-0.39, 0.29) is 18.3 Å². The molecule has 1 atom stereocenters. The van der Waals surface area contributed by atoms with Crippen molar-refractivity contribution >= 4 is 5.91 Å². The maximum atomic E-state index is 13.0. The van der Waals surface area contributed by atoms with Crippen LogP contribution < -0.4 is 10.5 Å². The van der Waals surface area contributed by atoms with Gasteiger partial charge in [-0.25, -0.2) is 4.39 Å². The predicted octanol–water partition coefficient (Wildman–Crippen LogP) is 1.14. The maximum Gasteiger partial charge on any atom is 0.262 e. The van der Waals surface area contributed by atoms with Crippen molar-refractivity contribution in [2.45, 2.75) is 19.6 Å². The lowest BCUT2D eigenvalue weighted by molar-refractivity contribution is -0.135. The van der Waals surface area contributed by atoms with Crippen LogP contribution in [0.4, 0.5) is 4.39 Å². The van der Waals surface area contributed by atoms with E-state index in [1.54, 1.807) is 21.0 Å². The smallest absolute Gasteiger partial charge is 0.262 e. The standard InChI is InChI=1S/C12H17FN2O2/c1-8(12(16)15(2)3)17-11-5-4-10(13)6-9(11)7-14/h4-6,8H,7,14H2,1-3H3. The minimum absolute atomic E-state index is 0.155. The molecular formula is C12H17FN2O2. The Hall–Kier alpha value is -1.62. The number of nitrogens with two attached hydrogens (primary N) is 1. The lowest BCUT2D eigenvalue weighted by Crippen LogP contribution is -2.35. The monoisotopic (exact) mass is 240 g/mol. The number of halogens is 1. The van der Waals surface area contributed by atoms with Crippen molar-refractivity contribution in [3.63, 3.8) is 0 Å². The molecule has 17 heavy (non-hydrogen) atoms. The first-order chi connectivity index (χ1) is 7.95. The summed E-state index contributed by atoms with van der Waals surface area (Å²) in [6, 6.07) is 4.07. The minimum Gasteiger partial charge on any atom is -0.481 e. The van der Waals surface area contributed by atoms with Crippen LogP contribution in [0.2, 0.25) is 0 Å². The molecule has 1 aromatic carbocycles. The molecule has 0 aliphatic rings. The average molecular weight is 240 g/mol. The quantitative estimate of drug-likeness (QED) is 0.858. The van der Waals surface area contributed by atoms with E-state index in [2.05, 4.69) is 0 Å².